The van der Waals surface area contributed by atoms with E-state index < -0.39 is 0 Å². The number of nitrogens with zero attached hydrogens (tertiary/aromatic N) is 4. The van der Waals surface area contributed by atoms with Crippen LogP contribution in [0.2, 0.25) is 5.02 Å². The Morgan fingerprint density at radius 2 is 2.00 bits per heavy atom. The molecule has 0 aliphatic carbocycles. The SMILES string of the molecule is CC(=O)N1C[C@H](C)N(Cc2ccc(Oc3nc4ncc(Cl)cc4s3)cc2)C[C@@H]1C. The molecule has 1 saturated heterocycles. The Morgan fingerprint density at radius 1 is 1.24 bits per heavy atom. The highest BCUT2D eigenvalue weighted by atomic mass is 35.5. The van der Waals surface area contributed by atoms with Crippen LogP contribution < -0.4 is 4.74 Å². The molecular weight excluding hydrogens is 408 g/mol. The number of rotatable bonds is 4. The van der Waals surface area contributed by atoms with Crippen molar-refractivity contribution in [1.82, 2.24) is 19.8 Å². The molecule has 0 N–H and O–H groups in total. The Kier molecular flexibility index (Phi) is 5.72. The van der Waals surface area contributed by atoms with Crippen molar-refractivity contribution in [1.29, 1.82) is 0 Å². The van der Waals surface area contributed by atoms with E-state index in [4.69, 9.17) is 16.3 Å². The van der Waals surface area contributed by atoms with Crippen molar-refractivity contribution < 1.29 is 9.53 Å². The first-order valence-electron chi connectivity index (χ1n) is 9.59. The number of thiazole rings is 1. The molecule has 6 nitrogen and oxygen atoms in total. The molecule has 0 radical (unpaired) electrons. The Hall–Kier alpha value is -2.22. The van der Waals surface area contributed by atoms with Crippen molar-refractivity contribution in [3.05, 3.63) is 47.1 Å². The lowest BCUT2D eigenvalue weighted by atomic mass is 10.1. The average Bonchev–Trinajstić information content (AvgIpc) is 3.07. The molecule has 8 heteroatoms. The number of benzene rings is 1. The maximum absolute atomic E-state index is 11.8. The Balaban J connectivity index is 1.40. The number of aromatic nitrogens is 2. The molecule has 0 spiro atoms. The second-order valence-corrected chi connectivity index (χ2v) is 8.93. The summed E-state index contributed by atoms with van der Waals surface area (Å²) >= 11 is 7.40. The lowest BCUT2D eigenvalue weighted by Crippen LogP contribution is -2.57. The van der Waals surface area contributed by atoms with Gasteiger partial charge in [0, 0.05) is 44.8 Å². The second kappa shape index (κ2) is 8.26. The monoisotopic (exact) mass is 430 g/mol. The van der Waals surface area contributed by atoms with E-state index in [1.807, 2.05) is 23.1 Å². The standard InChI is InChI=1S/C21H23ClN4O2S/c1-13-11-26(15(3)27)14(2)10-25(13)12-16-4-6-18(7-5-16)28-21-24-20-19(29-21)8-17(22)9-23-20/h4-9,13-14H,10-12H2,1-3H3/t13-,14-/m0/s1. The zero-order chi connectivity index (χ0) is 20.5. The van der Waals surface area contributed by atoms with Gasteiger partial charge in [0.2, 0.25) is 5.91 Å². The third-order valence-corrected chi connectivity index (χ3v) is 6.30. The number of carbonyl (C=O) groups is 1. The van der Waals surface area contributed by atoms with Crippen molar-refractivity contribution in [3.8, 4) is 10.9 Å². The molecule has 1 aliphatic heterocycles. The molecule has 4 rings (SSSR count). The molecule has 1 aromatic carbocycles. The summed E-state index contributed by atoms with van der Waals surface area (Å²) in [7, 11) is 0. The topological polar surface area (TPSA) is 58.6 Å². The van der Waals surface area contributed by atoms with Crippen LogP contribution in [0.5, 0.6) is 10.9 Å². The molecule has 3 heterocycles. The van der Waals surface area contributed by atoms with Gasteiger partial charge in [-0.25, -0.2) is 4.98 Å². The third kappa shape index (κ3) is 4.52. The number of halogens is 1. The summed E-state index contributed by atoms with van der Waals surface area (Å²) < 4.78 is 6.79. The van der Waals surface area contributed by atoms with Gasteiger partial charge in [0.15, 0.2) is 5.65 Å². The van der Waals surface area contributed by atoms with E-state index in [-0.39, 0.29) is 11.9 Å². The van der Waals surface area contributed by atoms with Crippen LogP contribution in [0.1, 0.15) is 26.3 Å². The molecule has 2 aromatic heterocycles. The molecule has 2 atom stereocenters. The number of fused-ring (bicyclic) bond motifs is 1. The predicted octanol–water partition coefficient (Wildman–Crippen LogP) is 4.58. The summed E-state index contributed by atoms with van der Waals surface area (Å²) in [5, 5.41) is 1.13. The molecule has 29 heavy (non-hydrogen) atoms. The quantitative estimate of drug-likeness (QED) is 0.606. The normalized spacial score (nSPS) is 20.2. The van der Waals surface area contributed by atoms with Crippen molar-refractivity contribution in [3.63, 3.8) is 0 Å². The van der Waals surface area contributed by atoms with Crippen LogP contribution in [0.15, 0.2) is 36.5 Å². The van der Waals surface area contributed by atoms with Crippen LogP contribution in [-0.4, -0.2) is 50.8 Å². The van der Waals surface area contributed by atoms with Gasteiger partial charge in [-0.05, 0) is 37.6 Å². The smallest absolute Gasteiger partial charge is 0.281 e. The lowest BCUT2D eigenvalue weighted by Gasteiger charge is -2.43. The van der Waals surface area contributed by atoms with Gasteiger partial charge in [0.25, 0.3) is 5.19 Å². The zero-order valence-electron chi connectivity index (χ0n) is 16.6. The summed E-state index contributed by atoms with van der Waals surface area (Å²) in [6, 6.07) is 10.5. The van der Waals surface area contributed by atoms with Crippen LogP contribution >= 0.6 is 22.9 Å². The van der Waals surface area contributed by atoms with E-state index in [2.05, 4.69) is 40.8 Å². The van der Waals surface area contributed by atoms with Gasteiger partial charge in [0.05, 0.1) is 9.72 Å². The number of pyridine rings is 1. The maximum atomic E-state index is 11.8. The summed E-state index contributed by atoms with van der Waals surface area (Å²) in [6.07, 6.45) is 1.58. The number of amides is 1. The Labute approximate surface area is 179 Å². The first-order chi connectivity index (χ1) is 13.9. The number of carbonyl (C=O) groups excluding carboxylic acids is 1. The Morgan fingerprint density at radius 3 is 2.72 bits per heavy atom. The highest BCUT2D eigenvalue weighted by molar-refractivity contribution is 7.20. The van der Waals surface area contributed by atoms with Crippen LogP contribution in [0.3, 0.4) is 0 Å². The van der Waals surface area contributed by atoms with E-state index in [0.717, 1.165) is 30.1 Å². The average molecular weight is 431 g/mol. The highest BCUT2D eigenvalue weighted by Crippen LogP contribution is 2.31. The van der Waals surface area contributed by atoms with Crippen LogP contribution in [0.4, 0.5) is 0 Å². The number of piperazine rings is 1. The summed E-state index contributed by atoms with van der Waals surface area (Å²) in [5.41, 5.74) is 1.85. The highest BCUT2D eigenvalue weighted by Gasteiger charge is 2.30. The molecule has 1 fully saturated rings. The largest absolute Gasteiger partial charge is 0.431 e. The Bertz CT molecular complexity index is 1020. The second-order valence-electron chi connectivity index (χ2n) is 7.50. The zero-order valence-corrected chi connectivity index (χ0v) is 18.2. The van der Waals surface area contributed by atoms with Crippen molar-refractivity contribution in [2.75, 3.05) is 13.1 Å². The predicted molar refractivity (Wildman–Crippen MR) is 116 cm³/mol. The summed E-state index contributed by atoms with van der Waals surface area (Å²) in [5.74, 6) is 0.888. The van der Waals surface area contributed by atoms with Gasteiger partial charge in [-0.15, -0.1) is 0 Å². The third-order valence-electron chi connectivity index (χ3n) is 5.23. The fourth-order valence-corrected chi connectivity index (χ4v) is 4.73. The molecule has 152 valence electrons. The molecule has 0 bridgehead atoms. The van der Waals surface area contributed by atoms with Gasteiger partial charge >= 0.3 is 0 Å². The van der Waals surface area contributed by atoms with Crippen LogP contribution in [0.25, 0.3) is 10.3 Å². The summed E-state index contributed by atoms with van der Waals surface area (Å²) in [6.45, 7) is 8.42. The first kappa shape index (κ1) is 20.1. The first-order valence-corrected chi connectivity index (χ1v) is 10.8. The molecule has 3 aromatic rings. The number of ether oxygens (including phenoxy) is 1. The van der Waals surface area contributed by atoms with E-state index in [1.54, 1.807) is 13.1 Å². The van der Waals surface area contributed by atoms with Gasteiger partial charge in [-0.2, -0.15) is 4.98 Å². The van der Waals surface area contributed by atoms with E-state index in [9.17, 15) is 4.79 Å². The number of hydrogen-bond donors (Lipinski definition) is 0. The molecule has 1 amide bonds. The fraction of sp³-hybridized carbons (Fsp3) is 0.381. The van der Waals surface area contributed by atoms with Crippen LogP contribution in [-0.2, 0) is 11.3 Å². The van der Waals surface area contributed by atoms with E-state index in [0.29, 0.717) is 21.9 Å². The van der Waals surface area contributed by atoms with Crippen molar-refractivity contribution in [2.45, 2.75) is 39.4 Å². The van der Waals surface area contributed by atoms with Gasteiger partial charge in [-0.3, -0.25) is 9.69 Å². The van der Waals surface area contributed by atoms with Crippen molar-refractivity contribution in [2.24, 2.45) is 0 Å². The van der Waals surface area contributed by atoms with E-state index in [1.165, 1.54) is 16.9 Å². The molecule has 1 aliphatic rings. The van der Waals surface area contributed by atoms with Gasteiger partial charge in [-0.1, -0.05) is 35.1 Å². The van der Waals surface area contributed by atoms with E-state index >= 15 is 0 Å². The van der Waals surface area contributed by atoms with Crippen molar-refractivity contribution >= 4 is 39.2 Å². The molecule has 0 saturated carbocycles. The van der Waals surface area contributed by atoms with Gasteiger partial charge < -0.3 is 9.64 Å². The summed E-state index contributed by atoms with van der Waals surface area (Å²) in [4.78, 5) is 24.7. The fourth-order valence-electron chi connectivity index (χ4n) is 3.68. The molecular formula is C21H23ClN4O2S. The minimum Gasteiger partial charge on any atom is -0.431 e. The minimum absolute atomic E-state index is 0.151. The molecule has 0 unspecified atom stereocenters. The van der Waals surface area contributed by atoms with Gasteiger partial charge in [0.1, 0.15) is 5.75 Å². The van der Waals surface area contributed by atoms with Crippen LogP contribution in [0, 0.1) is 0 Å². The minimum atomic E-state index is 0.151. The lowest BCUT2D eigenvalue weighted by molar-refractivity contribution is -0.134. The number of hydrogen-bond acceptors (Lipinski definition) is 6. The maximum Gasteiger partial charge on any atom is 0.281 e.